The first-order valence-corrected chi connectivity index (χ1v) is 8.18. The molecule has 0 aliphatic carbocycles. The Balaban J connectivity index is 1.86. The maximum Gasteiger partial charge on any atom is 0.0492 e. The molecule has 2 rings (SSSR count). The first kappa shape index (κ1) is 13.9. The van der Waals surface area contributed by atoms with Gasteiger partial charge in [-0.25, -0.2) is 0 Å². The first-order valence-electron chi connectivity index (χ1n) is 7.13. The highest BCUT2D eigenvalue weighted by atomic mass is 32.2. The summed E-state index contributed by atoms with van der Waals surface area (Å²) in [6.07, 6.45) is 8.27. The Kier molecular flexibility index (Phi) is 5.57. The molecule has 1 aliphatic rings. The van der Waals surface area contributed by atoms with Crippen molar-refractivity contribution in [1.82, 2.24) is 15.1 Å². The highest BCUT2D eigenvalue weighted by Crippen LogP contribution is 2.30. The minimum atomic E-state index is 0.673. The Morgan fingerprint density at radius 3 is 3.11 bits per heavy atom. The molecule has 1 fully saturated rings. The normalized spacial score (nSPS) is 21.3. The molecule has 1 aliphatic heterocycles. The molecule has 1 saturated heterocycles. The number of aryl methyl sites for hydroxylation is 2. The van der Waals surface area contributed by atoms with E-state index in [0.29, 0.717) is 6.04 Å². The summed E-state index contributed by atoms with van der Waals surface area (Å²) in [4.78, 5) is 0. The highest BCUT2D eigenvalue weighted by Gasteiger charge is 2.24. The molecule has 1 aromatic rings. The van der Waals surface area contributed by atoms with Crippen molar-refractivity contribution >= 4 is 11.8 Å². The fraction of sp³-hybridized carbons (Fsp3) is 0.786. The van der Waals surface area contributed by atoms with Crippen molar-refractivity contribution in [1.29, 1.82) is 0 Å². The highest BCUT2D eigenvalue weighted by molar-refractivity contribution is 8.00. The molecule has 3 nitrogen and oxygen atoms in total. The molecule has 4 heteroatoms. The third kappa shape index (κ3) is 3.75. The quantitative estimate of drug-likeness (QED) is 0.823. The fourth-order valence-corrected chi connectivity index (χ4v) is 4.05. The van der Waals surface area contributed by atoms with Crippen molar-refractivity contribution in [2.24, 2.45) is 7.05 Å². The van der Waals surface area contributed by atoms with Gasteiger partial charge >= 0.3 is 0 Å². The largest absolute Gasteiger partial charge is 0.313 e. The lowest BCUT2D eigenvalue weighted by atomic mass is 10.0. The Morgan fingerprint density at radius 1 is 1.61 bits per heavy atom. The van der Waals surface area contributed by atoms with Crippen molar-refractivity contribution in [3.8, 4) is 0 Å². The number of nitrogens with zero attached hydrogens (tertiary/aromatic N) is 2. The summed E-state index contributed by atoms with van der Waals surface area (Å²) in [7, 11) is 2.04. The number of nitrogens with one attached hydrogen (secondary N) is 1. The lowest BCUT2D eigenvalue weighted by Crippen LogP contribution is -2.38. The van der Waals surface area contributed by atoms with Crippen LogP contribution in [-0.2, 0) is 13.5 Å². The molecule has 0 radical (unpaired) electrons. The Hall–Kier alpha value is -0.480. The molecular formula is C14H25N3S. The van der Waals surface area contributed by atoms with Gasteiger partial charge in [0.05, 0.1) is 0 Å². The van der Waals surface area contributed by atoms with Gasteiger partial charge in [-0.2, -0.15) is 16.9 Å². The Morgan fingerprint density at radius 2 is 2.50 bits per heavy atom. The molecule has 1 aromatic heterocycles. The van der Waals surface area contributed by atoms with Gasteiger partial charge in [0, 0.05) is 30.2 Å². The maximum absolute atomic E-state index is 4.25. The van der Waals surface area contributed by atoms with Crippen molar-refractivity contribution < 1.29 is 0 Å². The minimum absolute atomic E-state index is 0.673. The summed E-state index contributed by atoms with van der Waals surface area (Å²) in [6, 6.07) is 2.81. The molecule has 0 aromatic carbocycles. The van der Waals surface area contributed by atoms with Crippen LogP contribution in [0.1, 0.15) is 38.3 Å². The van der Waals surface area contributed by atoms with Gasteiger partial charge in [-0.1, -0.05) is 6.92 Å². The zero-order valence-corrected chi connectivity index (χ0v) is 12.4. The van der Waals surface area contributed by atoms with Crippen molar-refractivity contribution in [2.45, 2.75) is 50.3 Å². The smallest absolute Gasteiger partial charge is 0.0492 e. The topological polar surface area (TPSA) is 29.9 Å². The third-order valence-corrected chi connectivity index (χ3v) is 5.22. The average molecular weight is 267 g/mol. The van der Waals surface area contributed by atoms with E-state index < -0.39 is 0 Å². The van der Waals surface area contributed by atoms with Gasteiger partial charge in [0.2, 0.25) is 0 Å². The van der Waals surface area contributed by atoms with E-state index >= 15 is 0 Å². The van der Waals surface area contributed by atoms with Gasteiger partial charge < -0.3 is 5.32 Å². The fourth-order valence-electron chi connectivity index (χ4n) is 2.62. The van der Waals surface area contributed by atoms with Crippen LogP contribution in [0.4, 0.5) is 0 Å². The summed E-state index contributed by atoms with van der Waals surface area (Å²) >= 11 is 2.16. The molecule has 102 valence electrons. The van der Waals surface area contributed by atoms with Crippen LogP contribution in [0.5, 0.6) is 0 Å². The zero-order valence-electron chi connectivity index (χ0n) is 11.6. The van der Waals surface area contributed by atoms with E-state index in [-0.39, 0.29) is 0 Å². The lowest BCUT2D eigenvalue weighted by molar-refractivity contribution is 0.453. The number of hydrogen-bond donors (Lipinski definition) is 1. The molecule has 0 bridgehead atoms. The molecule has 2 unspecified atom stereocenters. The molecule has 0 amide bonds. The predicted molar refractivity (Wildman–Crippen MR) is 79.1 cm³/mol. The molecule has 18 heavy (non-hydrogen) atoms. The average Bonchev–Trinajstić information content (AvgIpc) is 3.01. The van der Waals surface area contributed by atoms with Gasteiger partial charge in [0.15, 0.2) is 0 Å². The van der Waals surface area contributed by atoms with Gasteiger partial charge in [-0.05, 0) is 50.5 Å². The number of thioether (sulfide) groups is 1. The van der Waals surface area contributed by atoms with Crippen LogP contribution in [0.25, 0.3) is 0 Å². The number of hydrogen-bond acceptors (Lipinski definition) is 3. The number of rotatable bonds is 7. The van der Waals surface area contributed by atoms with E-state index in [1.807, 2.05) is 17.9 Å². The van der Waals surface area contributed by atoms with Crippen LogP contribution in [-0.4, -0.2) is 33.4 Å². The molecule has 1 N–H and O–H groups in total. The van der Waals surface area contributed by atoms with E-state index in [1.165, 1.54) is 37.1 Å². The molecule has 0 saturated carbocycles. The van der Waals surface area contributed by atoms with Crippen molar-refractivity contribution in [3.63, 3.8) is 0 Å². The van der Waals surface area contributed by atoms with Crippen LogP contribution < -0.4 is 5.32 Å². The van der Waals surface area contributed by atoms with E-state index in [2.05, 4.69) is 35.2 Å². The predicted octanol–water partition coefficient (Wildman–Crippen LogP) is 2.62. The number of aromatic nitrogens is 2. The summed E-state index contributed by atoms with van der Waals surface area (Å²) < 4.78 is 2.00. The Labute approximate surface area is 115 Å². The van der Waals surface area contributed by atoms with Gasteiger partial charge in [0.1, 0.15) is 0 Å². The summed E-state index contributed by atoms with van der Waals surface area (Å²) in [5, 5.41) is 8.81. The van der Waals surface area contributed by atoms with E-state index in [9.17, 15) is 0 Å². The summed E-state index contributed by atoms with van der Waals surface area (Å²) in [5.41, 5.74) is 1.35. The van der Waals surface area contributed by atoms with Crippen molar-refractivity contribution in [3.05, 3.63) is 18.0 Å². The van der Waals surface area contributed by atoms with Crippen LogP contribution >= 0.6 is 11.8 Å². The van der Waals surface area contributed by atoms with Gasteiger partial charge in [-0.15, -0.1) is 0 Å². The first-order chi connectivity index (χ1) is 8.81. The molecule has 2 heterocycles. The molecule has 2 atom stereocenters. The Bertz CT molecular complexity index is 345. The van der Waals surface area contributed by atoms with Gasteiger partial charge in [-0.3, -0.25) is 4.68 Å². The second-order valence-electron chi connectivity index (χ2n) is 5.10. The van der Waals surface area contributed by atoms with E-state index in [4.69, 9.17) is 0 Å². The van der Waals surface area contributed by atoms with Crippen LogP contribution in [0, 0.1) is 0 Å². The standard InChI is InChI=1S/C14H25N3S/c1-3-9-15-13(14-5-4-11-18-14)7-6-12-8-10-16-17(12)2/h8,10,13-15H,3-7,9,11H2,1-2H3. The monoisotopic (exact) mass is 267 g/mol. The molecular weight excluding hydrogens is 242 g/mol. The maximum atomic E-state index is 4.25. The minimum Gasteiger partial charge on any atom is -0.313 e. The second kappa shape index (κ2) is 7.19. The van der Waals surface area contributed by atoms with Gasteiger partial charge in [0.25, 0.3) is 0 Å². The van der Waals surface area contributed by atoms with Crippen LogP contribution in [0.3, 0.4) is 0 Å². The van der Waals surface area contributed by atoms with Crippen LogP contribution in [0.2, 0.25) is 0 Å². The zero-order chi connectivity index (χ0) is 12.8. The summed E-state index contributed by atoms with van der Waals surface area (Å²) in [5.74, 6) is 1.35. The molecule has 0 spiro atoms. The summed E-state index contributed by atoms with van der Waals surface area (Å²) in [6.45, 7) is 3.39. The van der Waals surface area contributed by atoms with E-state index in [0.717, 1.165) is 18.2 Å². The van der Waals surface area contributed by atoms with Crippen molar-refractivity contribution in [2.75, 3.05) is 12.3 Å². The SMILES string of the molecule is CCCNC(CCc1ccnn1C)C1CCCS1. The van der Waals surface area contributed by atoms with E-state index in [1.54, 1.807) is 0 Å². The third-order valence-electron chi connectivity index (χ3n) is 3.70. The second-order valence-corrected chi connectivity index (χ2v) is 6.44. The van der Waals surface area contributed by atoms with Crippen LogP contribution in [0.15, 0.2) is 12.3 Å². The lowest BCUT2D eigenvalue weighted by Gasteiger charge is -2.24.